The summed E-state index contributed by atoms with van der Waals surface area (Å²) >= 11 is 11.8. The summed E-state index contributed by atoms with van der Waals surface area (Å²) < 4.78 is 5.69. The minimum atomic E-state index is -0.232. The molecule has 3 aromatic rings. The number of pyridine rings is 1. The van der Waals surface area contributed by atoms with Crippen LogP contribution in [0.15, 0.2) is 66.9 Å². The maximum Gasteiger partial charge on any atom is 0.251 e. The van der Waals surface area contributed by atoms with E-state index in [-0.39, 0.29) is 5.91 Å². The van der Waals surface area contributed by atoms with E-state index in [1.54, 1.807) is 24.4 Å². The minimum absolute atomic E-state index is 0.232. The van der Waals surface area contributed by atoms with E-state index in [0.29, 0.717) is 28.8 Å². The average Bonchev–Trinajstić information content (AvgIpc) is 2.65. The Hall–Kier alpha value is -2.56. The van der Waals surface area contributed by atoms with Crippen LogP contribution in [0.1, 0.15) is 21.6 Å². The molecule has 0 aliphatic carbocycles. The summed E-state index contributed by atoms with van der Waals surface area (Å²) in [6, 6.07) is 18.0. The molecular formula is C20H16Cl2N2O2. The second-order valence-electron chi connectivity index (χ2n) is 5.59. The number of carbonyl (C=O) groups is 1. The van der Waals surface area contributed by atoms with Crippen molar-refractivity contribution < 1.29 is 9.53 Å². The van der Waals surface area contributed by atoms with Gasteiger partial charge in [-0.2, -0.15) is 0 Å². The third-order valence-electron chi connectivity index (χ3n) is 3.61. The number of amides is 1. The third kappa shape index (κ3) is 5.22. The van der Waals surface area contributed by atoms with Crippen molar-refractivity contribution in [3.05, 3.63) is 93.7 Å². The number of benzene rings is 2. The van der Waals surface area contributed by atoms with Gasteiger partial charge in [0.2, 0.25) is 0 Å². The van der Waals surface area contributed by atoms with Crippen LogP contribution in [0.4, 0.5) is 0 Å². The normalized spacial score (nSPS) is 10.4. The van der Waals surface area contributed by atoms with Gasteiger partial charge in [0.15, 0.2) is 0 Å². The highest BCUT2D eigenvalue weighted by Gasteiger charge is 2.08. The molecule has 1 amide bonds. The number of nitrogens with one attached hydrogen (secondary N) is 1. The van der Waals surface area contributed by atoms with Crippen molar-refractivity contribution in [1.29, 1.82) is 0 Å². The Bertz CT molecular complexity index is 864. The van der Waals surface area contributed by atoms with Gasteiger partial charge in [0.05, 0.1) is 5.69 Å². The number of hydrogen-bond donors (Lipinski definition) is 1. The van der Waals surface area contributed by atoms with Crippen LogP contribution in [-0.4, -0.2) is 10.9 Å². The van der Waals surface area contributed by atoms with Crippen LogP contribution in [0.3, 0.4) is 0 Å². The first-order chi connectivity index (χ1) is 12.6. The predicted octanol–water partition coefficient (Wildman–Crippen LogP) is 4.90. The van der Waals surface area contributed by atoms with Crippen LogP contribution in [-0.2, 0) is 13.2 Å². The number of hydrogen-bond acceptors (Lipinski definition) is 3. The summed E-state index contributed by atoms with van der Waals surface area (Å²) in [5, 5.41) is 3.70. The summed E-state index contributed by atoms with van der Waals surface area (Å²) in [4.78, 5) is 16.4. The predicted molar refractivity (Wildman–Crippen MR) is 103 cm³/mol. The maximum absolute atomic E-state index is 12.2. The highest BCUT2D eigenvalue weighted by atomic mass is 35.5. The van der Waals surface area contributed by atoms with Gasteiger partial charge in [-0.3, -0.25) is 9.78 Å². The fraction of sp³-hybridized carbons (Fsp3) is 0.100. The molecule has 3 rings (SSSR count). The molecule has 0 bridgehead atoms. The largest absolute Gasteiger partial charge is 0.487 e. The highest BCUT2D eigenvalue weighted by molar-refractivity contribution is 6.35. The Kier molecular flexibility index (Phi) is 6.10. The van der Waals surface area contributed by atoms with E-state index >= 15 is 0 Å². The zero-order valence-corrected chi connectivity index (χ0v) is 15.3. The molecule has 2 aromatic carbocycles. The highest BCUT2D eigenvalue weighted by Crippen LogP contribution is 2.19. The molecule has 1 N–H and O–H groups in total. The quantitative estimate of drug-likeness (QED) is 0.655. The summed E-state index contributed by atoms with van der Waals surface area (Å²) in [6.45, 7) is 0.802. The van der Waals surface area contributed by atoms with Crippen molar-refractivity contribution in [2.24, 2.45) is 0 Å². The smallest absolute Gasteiger partial charge is 0.251 e. The third-order valence-corrected chi connectivity index (χ3v) is 4.05. The second kappa shape index (κ2) is 8.70. The van der Waals surface area contributed by atoms with Gasteiger partial charge in [-0.25, -0.2) is 0 Å². The zero-order valence-electron chi connectivity index (χ0n) is 13.8. The summed E-state index contributed by atoms with van der Waals surface area (Å²) in [5.74, 6) is 0.511. The lowest BCUT2D eigenvalue weighted by Gasteiger charge is -2.08. The van der Waals surface area contributed by atoms with Crippen molar-refractivity contribution in [3.63, 3.8) is 0 Å². The molecule has 4 nitrogen and oxygen atoms in total. The van der Waals surface area contributed by atoms with Crippen molar-refractivity contribution in [2.45, 2.75) is 13.2 Å². The number of aromatic nitrogens is 1. The van der Waals surface area contributed by atoms with E-state index in [2.05, 4.69) is 10.3 Å². The van der Waals surface area contributed by atoms with Crippen LogP contribution in [0.25, 0.3) is 0 Å². The van der Waals surface area contributed by atoms with Crippen molar-refractivity contribution in [3.8, 4) is 5.75 Å². The Morgan fingerprint density at radius 3 is 2.38 bits per heavy atom. The monoisotopic (exact) mass is 386 g/mol. The molecule has 0 saturated heterocycles. The molecule has 1 aromatic heterocycles. The Balaban J connectivity index is 1.53. The topological polar surface area (TPSA) is 51.2 Å². The number of rotatable bonds is 6. The van der Waals surface area contributed by atoms with E-state index in [1.807, 2.05) is 42.5 Å². The van der Waals surface area contributed by atoms with Crippen LogP contribution >= 0.6 is 23.2 Å². The van der Waals surface area contributed by atoms with Gasteiger partial charge in [0.25, 0.3) is 5.91 Å². The minimum Gasteiger partial charge on any atom is -0.487 e. The molecule has 0 aliphatic heterocycles. The molecule has 0 saturated carbocycles. The van der Waals surface area contributed by atoms with Crippen molar-refractivity contribution >= 4 is 29.1 Å². The first-order valence-electron chi connectivity index (χ1n) is 7.96. The lowest BCUT2D eigenvalue weighted by molar-refractivity contribution is 0.0951. The summed E-state index contributed by atoms with van der Waals surface area (Å²) in [5.41, 5.74) is 2.25. The van der Waals surface area contributed by atoms with Crippen LogP contribution < -0.4 is 10.1 Å². The molecule has 0 atom stereocenters. The number of carbonyl (C=O) groups excluding carboxylic acids is 1. The number of halogens is 2. The van der Waals surface area contributed by atoms with Crippen molar-refractivity contribution in [1.82, 2.24) is 10.3 Å². The Morgan fingerprint density at radius 2 is 1.73 bits per heavy atom. The van der Waals surface area contributed by atoms with Crippen molar-refractivity contribution in [2.75, 3.05) is 0 Å². The molecule has 1 heterocycles. The second-order valence-corrected chi connectivity index (χ2v) is 6.47. The first kappa shape index (κ1) is 18.2. The fourth-order valence-corrected chi connectivity index (χ4v) is 2.84. The zero-order chi connectivity index (χ0) is 18.4. The molecule has 26 heavy (non-hydrogen) atoms. The van der Waals surface area contributed by atoms with E-state index in [9.17, 15) is 4.79 Å². The molecule has 0 fully saturated rings. The van der Waals surface area contributed by atoms with E-state index < -0.39 is 0 Å². The average molecular weight is 387 g/mol. The molecule has 0 unspecified atom stereocenters. The lowest BCUT2D eigenvalue weighted by atomic mass is 10.2. The van der Waals surface area contributed by atoms with E-state index in [1.165, 1.54) is 0 Å². The standard InChI is InChI=1S/C20H16Cl2N2O2/c21-16-9-15(10-17(22)11-16)20(25)24-12-14-4-6-19(7-5-14)26-13-18-3-1-2-8-23-18/h1-11H,12-13H2,(H,24,25). The Morgan fingerprint density at radius 1 is 1.00 bits per heavy atom. The molecule has 132 valence electrons. The molecule has 0 spiro atoms. The van der Waals surface area contributed by atoms with E-state index in [0.717, 1.165) is 17.0 Å². The SMILES string of the molecule is O=C(NCc1ccc(OCc2ccccn2)cc1)c1cc(Cl)cc(Cl)c1. The number of ether oxygens (including phenoxy) is 1. The molecule has 6 heteroatoms. The maximum atomic E-state index is 12.2. The summed E-state index contributed by atoms with van der Waals surface area (Å²) in [6.07, 6.45) is 1.73. The Labute approximate surface area is 161 Å². The summed E-state index contributed by atoms with van der Waals surface area (Å²) in [7, 11) is 0. The van der Waals surface area contributed by atoms with Gasteiger partial charge in [0.1, 0.15) is 12.4 Å². The fourth-order valence-electron chi connectivity index (χ4n) is 2.31. The van der Waals surface area contributed by atoms with Gasteiger partial charge >= 0.3 is 0 Å². The molecular weight excluding hydrogens is 371 g/mol. The number of nitrogens with zero attached hydrogens (tertiary/aromatic N) is 1. The van der Waals surface area contributed by atoms with Crippen LogP contribution in [0, 0.1) is 0 Å². The van der Waals surface area contributed by atoms with Gasteiger partial charge in [-0.15, -0.1) is 0 Å². The van der Waals surface area contributed by atoms with Gasteiger partial charge in [-0.05, 0) is 48.0 Å². The van der Waals surface area contributed by atoms with Gasteiger partial charge < -0.3 is 10.1 Å². The van der Waals surface area contributed by atoms with Gasteiger partial charge in [-0.1, -0.05) is 41.4 Å². The lowest BCUT2D eigenvalue weighted by Crippen LogP contribution is -2.22. The molecule has 0 aliphatic rings. The van der Waals surface area contributed by atoms with Crippen LogP contribution in [0.5, 0.6) is 5.75 Å². The van der Waals surface area contributed by atoms with Crippen LogP contribution in [0.2, 0.25) is 10.0 Å². The van der Waals surface area contributed by atoms with Gasteiger partial charge in [0, 0.05) is 28.4 Å². The first-order valence-corrected chi connectivity index (χ1v) is 8.72. The van der Waals surface area contributed by atoms with E-state index in [4.69, 9.17) is 27.9 Å². The molecule has 0 radical (unpaired) electrons.